The average Bonchev–Trinajstić information content (AvgIpc) is 1.59. The van der Waals surface area contributed by atoms with Gasteiger partial charge in [0.1, 0.15) is 0 Å². The molecule has 0 heterocycles. The Balaban J connectivity index is -0.000000245. The Kier molecular flexibility index (Phi) is 17.9. The average molecular weight is 322 g/mol. The first-order valence-electron chi connectivity index (χ1n) is 2.63. The van der Waals surface area contributed by atoms with Crippen LogP contribution in [0, 0.1) is 0 Å². The Morgan fingerprint density at radius 3 is 1.70 bits per heavy atom. The van der Waals surface area contributed by atoms with Crippen molar-refractivity contribution in [2.75, 3.05) is 0 Å². The molecule has 0 amide bonds. The predicted octanol–water partition coefficient (Wildman–Crippen LogP) is 0.269. The summed E-state index contributed by atoms with van der Waals surface area (Å²) < 4.78 is 0.871. The Morgan fingerprint density at radius 1 is 1.20 bits per heavy atom. The third kappa shape index (κ3) is 16.9. The molecule has 1 nitrogen and oxygen atoms in total. The van der Waals surface area contributed by atoms with Crippen molar-refractivity contribution in [2.45, 2.75) is 24.2 Å². The normalized spacial score (nSPS) is 9.60. The third-order valence-corrected chi connectivity index (χ3v) is 7.24. The van der Waals surface area contributed by atoms with Crippen molar-refractivity contribution < 1.29 is 35.0 Å². The molecule has 0 rings (SSSR count). The quantitative estimate of drug-likeness (QED) is 0.686. The van der Waals surface area contributed by atoms with Crippen LogP contribution in [0.3, 0.4) is 0 Å². The van der Waals surface area contributed by atoms with Crippen molar-refractivity contribution in [1.82, 2.24) is 0 Å². The molecule has 6 heteroatoms. The first-order chi connectivity index (χ1) is 3.56. The molecular weight excluding hydrogens is 312 g/mol. The van der Waals surface area contributed by atoms with E-state index in [1.807, 2.05) is 0 Å². The minimum Gasteiger partial charge on any atom is -0.870 e. The molecule has 0 bridgehead atoms. The molecule has 0 radical (unpaired) electrons. The van der Waals surface area contributed by atoms with Crippen LogP contribution in [-0.2, 0) is 0 Å². The Bertz CT molecular complexity index is 68.0. The molecule has 0 aliphatic heterocycles. The SMILES string of the molecule is CCC[CH2][Sn]([Cl])([Cl])[Cl].[Na+].[OH-]. The zero-order chi connectivity index (χ0) is 6.62. The van der Waals surface area contributed by atoms with Crippen LogP contribution >= 0.6 is 26.8 Å². The van der Waals surface area contributed by atoms with Crippen LogP contribution in [-0.4, -0.2) is 20.5 Å². The van der Waals surface area contributed by atoms with Crippen molar-refractivity contribution in [1.29, 1.82) is 0 Å². The van der Waals surface area contributed by atoms with E-state index in [4.69, 9.17) is 26.8 Å². The van der Waals surface area contributed by atoms with E-state index in [2.05, 4.69) is 6.92 Å². The van der Waals surface area contributed by atoms with E-state index < -0.39 is 15.0 Å². The van der Waals surface area contributed by atoms with E-state index in [1.54, 1.807) is 0 Å². The van der Waals surface area contributed by atoms with Gasteiger partial charge in [-0.3, -0.25) is 0 Å². The van der Waals surface area contributed by atoms with Crippen molar-refractivity contribution in [2.24, 2.45) is 0 Å². The number of halogens is 3. The van der Waals surface area contributed by atoms with Crippen LogP contribution in [0.2, 0.25) is 4.44 Å². The standard InChI is InChI=1S/C4H9.3ClH.Na.H2O.Sn/c1-3-4-2;;;;;;/h1,3-4H2,2H3;3*1H;;1H2;/q;;;;+1;;+3/p-4. The zero-order valence-electron chi connectivity index (χ0n) is 6.20. The Hall–Kier alpha value is 2.63. The van der Waals surface area contributed by atoms with Crippen LogP contribution in [0.4, 0.5) is 0 Å². The first-order valence-corrected chi connectivity index (χ1v) is 15.5. The molecule has 0 aromatic heterocycles. The number of hydrogen-bond acceptors (Lipinski definition) is 1. The summed E-state index contributed by atoms with van der Waals surface area (Å²) in [4.78, 5) is 0. The molecule has 58 valence electrons. The molecule has 0 fully saturated rings. The summed E-state index contributed by atoms with van der Waals surface area (Å²) in [7, 11) is 17.0. The maximum Gasteiger partial charge on any atom is 1.00 e. The van der Waals surface area contributed by atoms with Gasteiger partial charge < -0.3 is 5.48 Å². The summed E-state index contributed by atoms with van der Waals surface area (Å²) in [6, 6.07) is 0. The van der Waals surface area contributed by atoms with E-state index in [-0.39, 0.29) is 35.0 Å². The Morgan fingerprint density at radius 2 is 1.60 bits per heavy atom. The van der Waals surface area contributed by atoms with E-state index in [9.17, 15) is 0 Å². The number of hydrogen-bond donors (Lipinski definition) is 0. The maximum atomic E-state index is 5.65. The number of rotatable bonds is 3. The van der Waals surface area contributed by atoms with E-state index in [1.165, 1.54) is 0 Å². The van der Waals surface area contributed by atoms with Gasteiger partial charge in [-0.15, -0.1) is 0 Å². The fourth-order valence-corrected chi connectivity index (χ4v) is 5.22. The fraction of sp³-hybridized carbons (Fsp3) is 1.00. The molecule has 0 atom stereocenters. The molecule has 0 aliphatic rings. The van der Waals surface area contributed by atoms with Gasteiger partial charge in [0.15, 0.2) is 0 Å². The smallest absolute Gasteiger partial charge is 0.870 e. The fourth-order valence-electron chi connectivity index (χ4n) is 0.377. The summed E-state index contributed by atoms with van der Waals surface area (Å²) in [5.74, 6) is 0. The first kappa shape index (κ1) is 18.4. The molecular formula is C4H10Cl3NaOSn. The van der Waals surface area contributed by atoms with Crippen molar-refractivity contribution in [3.8, 4) is 0 Å². The monoisotopic (exact) mass is 322 g/mol. The van der Waals surface area contributed by atoms with E-state index >= 15 is 0 Å². The Labute approximate surface area is 99.4 Å². The molecule has 10 heavy (non-hydrogen) atoms. The third-order valence-electron chi connectivity index (χ3n) is 0.814. The van der Waals surface area contributed by atoms with Gasteiger partial charge in [-0.1, -0.05) is 0 Å². The van der Waals surface area contributed by atoms with Gasteiger partial charge in [0.25, 0.3) is 0 Å². The van der Waals surface area contributed by atoms with Gasteiger partial charge in [0.2, 0.25) is 0 Å². The predicted molar refractivity (Wildman–Crippen MR) is 45.0 cm³/mol. The molecule has 0 aromatic rings. The summed E-state index contributed by atoms with van der Waals surface area (Å²) in [6.45, 7) is 2.10. The van der Waals surface area contributed by atoms with Gasteiger partial charge in [0.05, 0.1) is 0 Å². The molecule has 0 unspecified atom stereocenters. The van der Waals surface area contributed by atoms with Crippen LogP contribution in [0.5, 0.6) is 0 Å². The summed E-state index contributed by atoms with van der Waals surface area (Å²) >= 11 is -2.89. The van der Waals surface area contributed by atoms with Crippen molar-refractivity contribution >= 4 is 41.8 Å². The summed E-state index contributed by atoms with van der Waals surface area (Å²) in [5.41, 5.74) is 0. The molecule has 1 N–H and O–H groups in total. The second kappa shape index (κ2) is 9.71. The van der Waals surface area contributed by atoms with Crippen LogP contribution in [0.1, 0.15) is 19.8 Å². The second-order valence-corrected chi connectivity index (χ2v) is 23.5. The molecule has 0 aromatic carbocycles. The minimum atomic E-state index is -2.89. The van der Waals surface area contributed by atoms with Crippen molar-refractivity contribution in [3.63, 3.8) is 0 Å². The van der Waals surface area contributed by atoms with Crippen LogP contribution < -0.4 is 29.6 Å². The van der Waals surface area contributed by atoms with Crippen LogP contribution in [0.25, 0.3) is 0 Å². The van der Waals surface area contributed by atoms with E-state index in [0.717, 1.165) is 17.3 Å². The summed E-state index contributed by atoms with van der Waals surface area (Å²) in [6.07, 6.45) is 2.21. The second-order valence-electron chi connectivity index (χ2n) is 1.72. The van der Waals surface area contributed by atoms with Gasteiger partial charge in [-0.05, 0) is 0 Å². The largest absolute Gasteiger partial charge is 1.00 e. The molecule has 0 saturated carbocycles. The van der Waals surface area contributed by atoms with Crippen LogP contribution in [0.15, 0.2) is 0 Å². The van der Waals surface area contributed by atoms with Gasteiger partial charge in [0, 0.05) is 0 Å². The summed E-state index contributed by atoms with van der Waals surface area (Å²) in [5, 5.41) is 0. The van der Waals surface area contributed by atoms with Gasteiger partial charge >= 0.3 is 95.5 Å². The van der Waals surface area contributed by atoms with Crippen molar-refractivity contribution in [3.05, 3.63) is 0 Å². The zero-order valence-corrected chi connectivity index (χ0v) is 13.3. The van der Waals surface area contributed by atoms with Gasteiger partial charge in [-0.25, -0.2) is 0 Å². The molecule has 0 aliphatic carbocycles. The molecule has 0 spiro atoms. The van der Waals surface area contributed by atoms with Gasteiger partial charge in [-0.2, -0.15) is 0 Å². The number of unbranched alkanes of at least 4 members (excludes halogenated alkanes) is 1. The topological polar surface area (TPSA) is 30.0 Å². The van der Waals surface area contributed by atoms with E-state index in [0.29, 0.717) is 0 Å². The maximum absolute atomic E-state index is 5.65. The minimum absolute atomic E-state index is 0. The molecule has 0 saturated heterocycles.